The summed E-state index contributed by atoms with van der Waals surface area (Å²) in [6.07, 6.45) is 4.05. The Kier molecular flexibility index (Phi) is 5.43. The van der Waals surface area contributed by atoms with Crippen molar-refractivity contribution in [3.8, 4) is 11.1 Å². The average Bonchev–Trinajstić information content (AvgIpc) is 3.26. The maximum Gasteiger partial charge on any atom is 0.251 e. The smallest absolute Gasteiger partial charge is 0.251 e. The number of sulfonamides is 1. The maximum absolute atomic E-state index is 13.0. The van der Waals surface area contributed by atoms with Crippen LogP contribution in [-0.2, 0) is 21.2 Å². The quantitative estimate of drug-likeness (QED) is 0.342. The maximum atomic E-state index is 13.0. The third kappa shape index (κ3) is 4.07. The van der Waals surface area contributed by atoms with Crippen LogP contribution >= 0.6 is 0 Å². The Hall–Kier alpha value is -3.94. The van der Waals surface area contributed by atoms with Crippen LogP contribution in [0.2, 0.25) is 0 Å². The van der Waals surface area contributed by atoms with Crippen molar-refractivity contribution in [2.45, 2.75) is 11.3 Å². The molecule has 4 N–H and O–H groups in total. The van der Waals surface area contributed by atoms with Gasteiger partial charge in [-0.05, 0) is 64.9 Å². The van der Waals surface area contributed by atoms with Gasteiger partial charge in [-0.25, -0.2) is 13.6 Å². The number of fused-ring (bicyclic) bond motifs is 2. The van der Waals surface area contributed by atoms with E-state index in [9.17, 15) is 13.2 Å². The standard InChI is InChI=1S/C27H23N3O3S/c28-24-6-3-4-19-10-8-18(16-23(19)24)9-13-27(31)30-15-14-21-17-20(11-12-25(21)30)22-5-1-2-7-26(22)34(29,32)33/h1-13,16-17H,14-15,28H2,(H2,29,32,33)/b13-9-. The highest BCUT2D eigenvalue weighted by Crippen LogP contribution is 2.34. The second-order valence-electron chi connectivity index (χ2n) is 8.29. The number of anilines is 2. The molecular formula is C27H23N3O3S. The number of hydrogen-bond donors (Lipinski definition) is 2. The van der Waals surface area contributed by atoms with Crippen LogP contribution in [0.3, 0.4) is 0 Å². The van der Waals surface area contributed by atoms with Crippen molar-refractivity contribution in [2.24, 2.45) is 5.14 Å². The second-order valence-corrected chi connectivity index (χ2v) is 9.82. The van der Waals surface area contributed by atoms with Gasteiger partial charge in [0.2, 0.25) is 10.0 Å². The minimum absolute atomic E-state index is 0.0832. The molecule has 1 aliphatic heterocycles. The molecule has 5 rings (SSSR count). The lowest BCUT2D eigenvalue weighted by atomic mass is 10.0. The molecule has 0 radical (unpaired) electrons. The fourth-order valence-corrected chi connectivity index (χ4v) is 5.19. The fourth-order valence-electron chi connectivity index (χ4n) is 4.43. The van der Waals surface area contributed by atoms with Crippen molar-refractivity contribution in [2.75, 3.05) is 17.2 Å². The van der Waals surface area contributed by atoms with Crippen molar-refractivity contribution in [3.63, 3.8) is 0 Å². The van der Waals surface area contributed by atoms with Gasteiger partial charge in [-0.3, -0.25) is 4.79 Å². The number of amides is 1. The Morgan fingerprint density at radius 3 is 2.59 bits per heavy atom. The fraction of sp³-hybridized carbons (Fsp3) is 0.0741. The number of benzene rings is 4. The summed E-state index contributed by atoms with van der Waals surface area (Å²) in [5, 5.41) is 7.40. The number of primary sulfonamides is 1. The Morgan fingerprint density at radius 2 is 1.76 bits per heavy atom. The van der Waals surface area contributed by atoms with E-state index in [0.29, 0.717) is 24.2 Å². The predicted octanol–water partition coefficient (Wildman–Crippen LogP) is 4.34. The van der Waals surface area contributed by atoms with E-state index in [1.165, 1.54) is 6.07 Å². The summed E-state index contributed by atoms with van der Waals surface area (Å²) in [6, 6.07) is 24.0. The van der Waals surface area contributed by atoms with E-state index in [-0.39, 0.29) is 10.8 Å². The van der Waals surface area contributed by atoms with Crippen molar-refractivity contribution >= 4 is 44.2 Å². The molecule has 0 aliphatic carbocycles. The molecule has 6 nitrogen and oxygen atoms in total. The summed E-state index contributed by atoms with van der Waals surface area (Å²) in [6.45, 7) is 0.559. The average molecular weight is 470 g/mol. The number of hydrogen-bond acceptors (Lipinski definition) is 4. The second kappa shape index (κ2) is 8.44. The number of carbonyl (C=O) groups excluding carboxylic acids is 1. The molecular weight excluding hydrogens is 446 g/mol. The van der Waals surface area contributed by atoms with Gasteiger partial charge >= 0.3 is 0 Å². The molecule has 0 saturated carbocycles. The highest BCUT2D eigenvalue weighted by atomic mass is 32.2. The summed E-state index contributed by atoms with van der Waals surface area (Å²) < 4.78 is 24.0. The van der Waals surface area contributed by atoms with Gasteiger partial charge in [-0.1, -0.05) is 48.5 Å². The van der Waals surface area contributed by atoms with Crippen LogP contribution in [0.5, 0.6) is 0 Å². The first kappa shape index (κ1) is 21.9. The predicted molar refractivity (Wildman–Crippen MR) is 137 cm³/mol. The first-order valence-electron chi connectivity index (χ1n) is 10.8. The molecule has 0 bridgehead atoms. The number of nitrogen functional groups attached to an aromatic ring is 1. The summed E-state index contributed by atoms with van der Waals surface area (Å²) >= 11 is 0. The monoisotopic (exact) mass is 469 g/mol. The van der Waals surface area contributed by atoms with Crippen molar-refractivity contribution in [1.82, 2.24) is 0 Å². The van der Waals surface area contributed by atoms with Gasteiger partial charge in [0.25, 0.3) is 5.91 Å². The van der Waals surface area contributed by atoms with Crippen LogP contribution in [0.25, 0.3) is 28.0 Å². The molecule has 0 unspecified atom stereocenters. The number of carbonyl (C=O) groups is 1. The molecule has 170 valence electrons. The van der Waals surface area contributed by atoms with Gasteiger partial charge in [0.1, 0.15) is 0 Å². The summed E-state index contributed by atoms with van der Waals surface area (Å²) in [5.74, 6) is -0.113. The van der Waals surface area contributed by atoms with E-state index >= 15 is 0 Å². The highest BCUT2D eigenvalue weighted by Gasteiger charge is 2.24. The van der Waals surface area contributed by atoms with Crippen molar-refractivity contribution in [3.05, 3.63) is 96.1 Å². The number of nitrogens with two attached hydrogens (primary N) is 2. The SMILES string of the molecule is Nc1cccc2ccc(/C=C\C(=O)N3CCc4cc(-c5ccccc5S(N)(=O)=O)ccc43)cc12. The minimum Gasteiger partial charge on any atom is -0.398 e. The lowest BCUT2D eigenvalue weighted by molar-refractivity contribution is -0.114. The summed E-state index contributed by atoms with van der Waals surface area (Å²) in [4.78, 5) is 14.8. The van der Waals surface area contributed by atoms with Crippen LogP contribution in [0, 0.1) is 0 Å². The van der Waals surface area contributed by atoms with Crippen LogP contribution in [0.4, 0.5) is 11.4 Å². The summed E-state index contributed by atoms with van der Waals surface area (Å²) in [7, 11) is -3.85. The van der Waals surface area contributed by atoms with Crippen LogP contribution < -0.4 is 15.8 Å². The Balaban J connectivity index is 1.41. The van der Waals surface area contributed by atoms with Crippen molar-refractivity contribution in [1.29, 1.82) is 0 Å². The topological polar surface area (TPSA) is 106 Å². The van der Waals surface area contributed by atoms with E-state index in [2.05, 4.69) is 0 Å². The van der Waals surface area contributed by atoms with Gasteiger partial charge in [0, 0.05) is 34.9 Å². The lowest BCUT2D eigenvalue weighted by Crippen LogP contribution is -2.26. The molecule has 4 aromatic rings. The summed E-state index contributed by atoms with van der Waals surface area (Å²) in [5.41, 5.74) is 10.8. The van der Waals surface area contributed by atoms with E-state index in [1.807, 2.05) is 54.6 Å². The van der Waals surface area contributed by atoms with Crippen LogP contribution in [0.1, 0.15) is 11.1 Å². The van der Waals surface area contributed by atoms with Gasteiger partial charge < -0.3 is 10.6 Å². The molecule has 7 heteroatoms. The largest absolute Gasteiger partial charge is 0.398 e. The van der Waals surface area contributed by atoms with E-state index in [4.69, 9.17) is 10.9 Å². The molecule has 1 aliphatic rings. The van der Waals surface area contributed by atoms with E-state index in [0.717, 1.165) is 33.2 Å². The van der Waals surface area contributed by atoms with E-state index in [1.54, 1.807) is 35.3 Å². The van der Waals surface area contributed by atoms with Gasteiger partial charge in [0.15, 0.2) is 0 Å². The third-order valence-electron chi connectivity index (χ3n) is 6.10. The molecule has 0 spiro atoms. The van der Waals surface area contributed by atoms with E-state index < -0.39 is 10.0 Å². The molecule has 1 heterocycles. The van der Waals surface area contributed by atoms with Gasteiger partial charge in [-0.2, -0.15) is 0 Å². The zero-order valence-electron chi connectivity index (χ0n) is 18.3. The lowest BCUT2D eigenvalue weighted by Gasteiger charge is -2.16. The Bertz CT molecular complexity index is 1580. The zero-order chi connectivity index (χ0) is 23.9. The molecule has 4 aromatic carbocycles. The van der Waals surface area contributed by atoms with Crippen LogP contribution in [0.15, 0.2) is 89.8 Å². The molecule has 0 saturated heterocycles. The first-order valence-corrected chi connectivity index (χ1v) is 12.4. The number of rotatable bonds is 4. The number of nitrogens with zero attached hydrogens (tertiary/aromatic N) is 1. The molecule has 0 aromatic heterocycles. The molecule has 0 fully saturated rings. The first-order chi connectivity index (χ1) is 16.3. The minimum atomic E-state index is -3.85. The van der Waals surface area contributed by atoms with Crippen LogP contribution in [-0.4, -0.2) is 20.9 Å². The zero-order valence-corrected chi connectivity index (χ0v) is 19.1. The molecule has 0 atom stereocenters. The molecule has 1 amide bonds. The Morgan fingerprint density at radius 1 is 0.941 bits per heavy atom. The Labute approximate surface area is 198 Å². The van der Waals surface area contributed by atoms with Crippen molar-refractivity contribution < 1.29 is 13.2 Å². The third-order valence-corrected chi connectivity index (χ3v) is 7.07. The van der Waals surface area contributed by atoms with Gasteiger partial charge in [0.05, 0.1) is 4.90 Å². The highest BCUT2D eigenvalue weighted by molar-refractivity contribution is 7.89. The van der Waals surface area contributed by atoms with Gasteiger partial charge in [-0.15, -0.1) is 0 Å². The normalized spacial score (nSPS) is 13.5. The molecule has 34 heavy (non-hydrogen) atoms.